The van der Waals surface area contributed by atoms with Gasteiger partial charge < -0.3 is 19.5 Å². The molecule has 20 heavy (non-hydrogen) atoms. The number of rotatable bonds is 6. The topological polar surface area (TPSA) is 65.5 Å². The van der Waals surface area contributed by atoms with Crippen molar-refractivity contribution >= 4 is 29.1 Å². The summed E-state index contributed by atoms with van der Waals surface area (Å²) in [5, 5.41) is 4.09. The highest BCUT2D eigenvalue weighted by Crippen LogP contribution is 2.33. The smallest absolute Gasteiger partial charge is 0.162 e. The van der Waals surface area contributed by atoms with Crippen LogP contribution in [0.25, 0.3) is 10.9 Å². The number of halogens is 1. The molecule has 0 aliphatic carbocycles. The first-order chi connectivity index (χ1) is 9.30. The minimum absolute atomic E-state index is 0. The fourth-order valence-corrected chi connectivity index (χ4v) is 1.80. The second-order valence-electron chi connectivity index (χ2n) is 3.87. The molecular formula is C13H18ClN3O3. The maximum atomic E-state index is 5.29. The van der Waals surface area contributed by atoms with Crippen LogP contribution in [-0.4, -0.2) is 44.4 Å². The van der Waals surface area contributed by atoms with Gasteiger partial charge in [0.1, 0.15) is 12.1 Å². The van der Waals surface area contributed by atoms with Gasteiger partial charge in [-0.15, -0.1) is 12.4 Å². The Hall–Kier alpha value is -1.79. The average Bonchev–Trinajstić information content (AvgIpc) is 2.46. The summed E-state index contributed by atoms with van der Waals surface area (Å²) in [6.45, 7) is 1.29. The zero-order chi connectivity index (χ0) is 13.7. The van der Waals surface area contributed by atoms with E-state index in [-0.39, 0.29) is 12.4 Å². The predicted octanol–water partition coefficient (Wildman–Crippen LogP) is 2.13. The molecule has 0 saturated carbocycles. The molecule has 0 saturated heterocycles. The molecule has 0 aliphatic rings. The molecule has 6 nitrogen and oxygen atoms in total. The van der Waals surface area contributed by atoms with E-state index in [9.17, 15) is 0 Å². The van der Waals surface area contributed by atoms with Gasteiger partial charge in [0.05, 0.1) is 26.3 Å². The van der Waals surface area contributed by atoms with Crippen molar-refractivity contribution in [3.8, 4) is 11.5 Å². The number of hydrogen-bond acceptors (Lipinski definition) is 6. The van der Waals surface area contributed by atoms with Crippen molar-refractivity contribution in [3.05, 3.63) is 18.5 Å². The number of nitrogens with zero attached hydrogens (tertiary/aromatic N) is 2. The van der Waals surface area contributed by atoms with E-state index in [4.69, 9.17) is 14.2 Å². The number of fused-ring (bicyclic) bond motifs is 1. The largest absolute Gasteiger partial charge is 0.493 e. The minimum Gasteiger partial charge on any atom is -0.493 e. The number of nitrogens with one attached hydrogen (secondary N) is 1. The molecule has 7 heteroatoms. The summed E-state index contributed by atoms with van der Waals surface area (Å²) in [6, 6.07) is 3.70. The van der Waals surface area contributed by atoms with Crippen LogP contribution in [0.5, 0.6) is 11.5 Å². The second-order valence-corrected chi connectivity index (χ2v) is 3.87. The molecule has 110 valence electrons. The maximum absolute atomic E-state index is 5.29. The predicted molar refractivity (Wildman–Crippen MR) is 80.3 cm³/mol. The molecule has 0 radical (unpaired) electrons. The summed E-state index contributed by atoms with van der Waals surface area (Å²) in [5.74, 6) is 2.05. The Morgan fingerprint density at radius 1 is 1.05 bits per heavy atom. The first-order valence-corrected chi connectivity index (χ1v) is 5.89. The third-order valence-electron chi connectivity index (χ3n) is 2.74. The van der Waals surface area contributed by atoms with Crippen LogP contribution in [0.1, 0.15) is 0 Å². The van der Waals surface area contributed by atoms with Gasteiger partial charge in [0.15, 0.2) is 11.5 Å². The summed E-state index contributed by atoms with van der Waals surface area (Å²) in [4.78, 5) is 8.47. The van der Waals surface area contributed by atoms with Gasteiger partial charge in [-0.05, 0) is 6.07 Å². The molecule has 0 fully saturated rings. The molecule has 0 atom stereocenters. The van der Waals surface area contributed by atoms with Gasteiger partial charge in [-0.1, -0.05) is 0 Å². The summed E-state index contributed by atoms with van der Waals surface area (Å²) >= 11 is 0. The lowest BCUT2D eigenvalue weighted by molar-refractivity contribution is 0.210. The molecule has 1 aromatic carbocycles. The highest BCUT2D eigenvalue weighted by atomic mass is 35.5. The van der Waals surface area contributed by atoms with Gasteiger partial charge >= 0.3 is 0 Å². The lowest BCUT2D eigenvalue weighted by atomic mass is 10.2. The number of methoxy groups -OCH3 is 3. The molecule has 0 bridgehead atoms. The Bertz CT molecular complexity index is 566. The van der Waals surface area contributed by atoms with Crippen molar-refractivity contribution in [1.82, 2.24) is 9.97 Å². The molecule has 1 N–H and O–H groups in total. The van der Waals surface area contributed by atoms with E-state index in [1.807, 2.05) is 12.1 Å². The fraction of sp³-hybridized carbons (Fsp3) is 0.385. The van der Waals surface area contributed by atoms with E-state index in [1.165, 1.54) is 6.33 Å². The van der Waals surface area contributed by atoms with Crippen LogP contribution >= 0.6 is 12.4 Å². The molecule has 2 aromatic rings. The van der Waals surface area contributed by atoms with Gasteiger partial charge in [0, 0.05) is 25.1 Å². The summed E-state index contributed by atoms with van der Waals surface area (Å²) in [7, 11) is 4.86. The van der Waals surface area contributed by atoms with E-state index < -0.39 is 0 Å². The van der Waals surface area contributed by atoms with Crippen LogP contribution in [0, 0.1) is 0 Å². The van der Waals surface area contributed by atoms with Gasteiger partial charge in [-0.25, -0.2) is 9.97 Å². The lowest BCUT2D eigenvalue weighted by Crippen LogP contribution is -2.09. The van der Waals surface area contributed by atoms with Gasteiger partial charge in [-0.3, -0.25) is 0 Å². The van der Waals surface area contributed by atoms with E-state index in [0.717, 1.165) is 16.7 Å². The van der Waals surface area contributed by atoms with Crippen LogP contribution in [0.3, 0.4) is 0 Å². The zero-order valence-electron chi connectivity index (χ0n) is 11.7. The number of hydrogen-bond donors (Lipinski definition) is 1. The Labute approximate surface area is 123 Å². The molecule has 0 unspecified atom stereocenters. The molecule has 1 heterocycles. The van der Waals surface area contributed by atoms with Crippen molar-refractivity contribution in [1.29, 1.82) is 0 Å². The van der Waals surface area contributed by atoms with Crippen LogP contribution in [0.2, 0.25) is 0 Å². The fourth-order valence-electron chi connectivity index (χ4n) is 1.80. The minimum atomic E-state index is 0. The van der Waals surface area contributed by atoms with E-state index >= 15 is 0 Å². The highest BCUT2D eigenvalue weighted by Gasteiger charge is 2.10. The van der Waals surface area contributed by atoms with Crippen LogP contribution < -0.4 is 14.8 Å². The molecule has 0 spiro atoms. The monoisotopic (exact) mass is 299 g/mol. The van der Waals surface area contributed by atoms with Gasteiger partial charge in [-0.2, -0.15) is 0 Å². The van der Waals surface area contributed by atoms with E-state index in [2.05, 4.69) is 15.3 Å². The summed E-state index contributed by atoms with van der Waals surface area (Å²) in [5.41, 5.74) is 0.799. The molecular weight excluding hydrogens is 282 g/mol. The number of anilines is 1. The SMILES string of the molecule is COCCNc1ncnc2cc(OC)c(OC)cc12.Cl. The quantitative estimate of drug-likeness (QED) is 0.824. The third-order valence-corrected chi connectivity index (χ3v) is 2.74. The molecule has 0 amide bonds. The van der Waals surface area contributed by atoms with E-state index in [1.54, 1.807) is 21.3 Å². The zero-order valence-corrected chi connectivity index (χ0v) is 12.5. The third kappa shape index (κ3) is 3.40. The van der Waals surface area contributed by atoms with Crippen LogP contribution in [0.4, 0.5) is 5.82 Å². The van der Waals surface area contributed by atoms with Crippen LogP contribution in [-0.2, 0) is 4.74 Å². The van der Waals surface area contributed by atoms with Crippen LogP contribution in [0.15, 0.2) is 18.5 Å². The van der Waals surface area contributed by atoms with Crippen molar-refractivity contribution < 1.29 is 14.2 Å². The number of ether oxygens (including phenoxy) is 3. The highest BCUT2D eigenvalue weighted by molar-refractivity contribution is 5.91. The first-order valence-electron chi connectivity index (χ1n) is 5.89. The molecule has 0 aliphatic heterocycles. The Morgan fingerprint density at radius 2 is 1.75 bits per heavy atom. The van der Waals surface area contributed by atoms with Gasteiger partial charge in [0.25, 0.3) is 0 Å². The number of benzene rings is 1. The Morgan fingerprint density at radius 3 is 2.40 bits per heavy atom. The molecule has 2 rings (SSSR count). The van der Waals surface area contributed by atoms with Crippen molar-refractivity contribution in [2.45, 2.75) is 0 Å². The van der Waals surface area contributed by atoms with Crippen molar-refractivity contribution in [2.24, 2.45) is 0 Å². The molecule has 1 aromatic heterocycles. The Balaban J connectivity index is 0.00000200. The Kier molecular flexibility index (Phi) is 6.27. The standard InChI is InChI=1S/C13H17N3O3.ClH/c1-17-5-4-14-13-9-6-11(18-2)12(19-3)7-10(9)15-8-16-13;/h6-8H,4-5H2,1-3H3,(H,14,15,16);1H. The van der Waals surface area contributed by atoms with Gasteiger partial charge in [0.2, 0.25) is 0 Å². The average molecular weight is 300 g/mol. The van der Waals surface area contributed by atoms with Crippen molar-refractivity contribution in [2.75, 3.05) is 39.8 Å². The number of aromatic nitrogens is 2. The lowest BCUT2D eigenvalue weighted by Gasteiger charge is -2.11. The maximum Gasteiger partial charge on any atom is 0.162 e. The normalized spacial score (nSPS) is 9.95. The first kappa shape index (κ1) is 16.3. The summed E-state index contributed by atoms with van der Waals surface area (Å²) < 4.78 is 15.6. The second kappa shape index (κ2) is 7.72. The van der Waals surface area contributed by atoms with Crippen molar-refractivity contribution in [3.63, 3.8) is 0 Å². The van der Waals surface area contributed by atoms with E-state index in [0.29, 0.717) is 24.7 Å². The summed E-state index contributed by atoms with van der Waals surface area (Å²) in [6.07, 6.45) is 1.52.